The smallest absolute Gasteiger partial charge is 0.308 e. The summed E-state index contributed by atoms with van der Waals surface area (Å²) in [6.45, 7) is 5.63. The summed E-state index contributed by atoms with van der Waals surface area (Å²) in [5.74, 6) is 0.188. The molecule has 0 spiro atoms. The van der Waals surface area contributed by atoms with Crippen LogP contribution in [0, 0.1) is 19.8 Å². The summed E-state index contributed by atoms with van der Waals surface area (Å²) in [5.41, 5.74) is 0. The molecule has 1 heterocycles. The van der Waals surface area contributed by atoms with Crippen LogP contribution >= 0.6 is 0 Å². The van der Waals surface area contributed by atoms with Gasteiger partial charge >= 0.3 is 5.97 Å². The normalized spacial score (nSPS) is 12.8. The van der Waals surface area contributed by atoms with Crippen LogP contribution in [0.25, 0.3) is 0 Å². The van der Waals surface area contributed by atoms with Gasteiger partial charge in [0.1, 0.15) is 11.6 Å². The number of carboxylic acids is 1. The Labute approximate surface area is 76.4 Å². The lowest BCUT2D eigenvalue weighted by molar-refractivity contribution is -0.141. The molecule has 0 aliphatic carbocycles. The van der Waals surface area contributed by atoms with Gasteiger partial charge in [0.2, 0.25) is 0 Å². The first-order valence-corrected chi connectivity index (χ1v) is 4.11. The van der Waals surface area contributed by atoms with Gasteiger partial charge in [-0.05, 0) is 13.8 Å². The second-order valence-corrected chi connectivity index (χ2v) is 3.13. The molecular weight excluding hydrogens is 170 g/mol. The largest absolute Gasteiger partial charge is 0.481 e. The number of aryl methyl sites for hydroxylation is 2. The van der Waals surface area contributed by atoms with Gasteiger partial charge in [0.15, 0.2) is 0 Å². The summed E-state index contributed by atoms with van der Waals surface area (Å²) in [4.78, 5) is 14.6. The Kier molecular flexibility index (Phi) is 2.65. The lowest BCUT2D eigenvalue weighted by Gasteiger charge is -2.06. The van der Waals surface area contributed by atoms with Gasteiger partial charge in [-0.25, -0.2) is 9.67 Å². The van der Waals surface area contributed by atoms with Crippen molar-refractivity contribution in [2.24, 2.45) is 5.92 Å². The van der Waals surface area contributed by atoms with Crippen molar-refractivity contribution in [1.82, 2.24) is 14.8 Å². The molecule has 1 aromatic rings. The number of carbonyl (C=O) groups is 1. The number of nitrogens with zero attached hydrogens (tertiary/aromatic N) is 3. The molecule has 0 fully saturated rings. The number of hydrogen-bond acceptors (Lipinski definition) is 3. The second kappa shape index (κ2) is 3.55. The van der Waals surface area contributed by atoms with E-state index in [1.807, 2.05) is 6.92 Å². The Bertz CT molecular complexity index is 319. The van der Waals surface area contributed by atoms with Crippen molar-refractivity contribution in [1.29, 1.82) is 0 Å². The van der Waals surface area contributed by atoms with Crippen molar-refractivity contribution in [3.05, 3.63) is 11.6 Å². The molecule has 72 valence electrons. The van der Waals surface area contributed by atoms with Crippen LogP contribution in [-0.2, 0) is 11.3 Å². The highest BCUT2D eigenvalue weighted by Gasteiger charge is 2.13. The molecule has 0 saturated carbocycles. The molecule has 13 heavy (non-hydrogen) atoms. The van der Waals surface area contributed by atoms with Crippen molar-refractivity contribution in [2.45, 2.75) is 27.3 Å². The monoisotopic (exact) mass is 183 g/mol. The average molecular weight is 183 g/mol. The Hall–Kier alpha value is -1.39. The fourth-order valence-corrected chi connectivity index (χ4v) is 1.07. The van der Waals surface area contributed by atoms with Gasteiger partial charge in [-0.3, -0.25) is 4.79 Å². The highest BCUT2D eigenvalue weighted by Crippen LogP contribution is 2.02. The lowest BCUT2D eigenvalue weighted by atomic mass is 10.2. The number of hydrogen-bond donors (Lipinski definition) is 1. The van der Waals surface area contributed by atoms with Gasteiger partial charge < -0.3 is 5.11 Å². The first-order chi connectivity index (χ1) is 6.00. The maximum atomic E-state index is 10.6. The van der Waals surface area contributed by atoms with E-state index in [1.165, 1.54) is 0 Å². The van der Waals surface area contributed by atoms with Crippen LogP contribution in [0.2, 0.25) is 0 Å². The predicted octanol–water partition coefficient (Wildman–Crippen LogP) is 0.616. The van der Waals surface area contributed by atoms with Crippen LogP contribution in [0.15, 0.2) is 0 Å². The zero-order valence-electron chi connectivity index (χ0n) is 7.98. The molecule has 0 aliphatic rings. The van der Waals surface area contributed by atoms with Crippen molar-refractivity contribution in [3.63, 3.8) is 0 Å². The molecule has 1 unspecified atom stereocenters. The first-order valence-electron chi connectivity index (χ1n) is 4.11. The highest BCUT2D eigenvalue weighted by atomic mass is 16.4. The van der Waals surface area contributed by atoms with Crippen molar-refractivity contribution < 1.29 is 9.90 Å². The molecule has 1 rings (SSSR count). The fourth-order valence-electron chi connectivity index (χ4n) is 1.07. The minimum atomic E-state index is -0.812. The Balaban J connectivity index is 2.74. The van der Waals surface area contributed by atoms with Gasteiger partial charge in [0.25, 0.3) is 0 Å². The first kappa shape index (κ1) is 9.70. The average Bonchev–Trinajstić information content (AvgIpc) is 2.30. The van der Waals surface area contributed by atoms with E-state index in [2.05, 4.69) is 10.1 Å². The van der Waals surface area contributed by atoms with Crippen LogP contribution in [-0.4, -0.2) is 25.8 Å². The molecule has 0 aliphatic heterocycles. The molecule has 0 saturated heterocycles. The van der Waals surface area contributed by atoms with E-state index < -0.39 is 11.9 Å². The topological polar surface area (TPSA) is 68.0 Å². The lowest BCUT2D eigenvalue weighted by Crippen LogP contribution is -2.18. The van der Waals surface area contributed by atoms with E-state index in [0.29, 0.717) is 12.4 Å². The molecule has 0 amide bonds. The molecule has 0 radical (unpaired) electrons. The highest BCUT2D eigenvalue weighted by molar-refractivity contribution is 5.69. The molecule has 5 heteroatoms. The molecular formula is C8H13N3O2. The quantitative estimate of drug-likeness (QED) is 0.745. The van der Waals surface area contributed by atoms with Crippen molar-refractivity contribution in [2.75, 3.05) is 0 Å². The van der Waals surface area contributed by atoms with Crippen LogP contribution in [0.5, 0.6) is 0 Å². The SMILES string of the molecule is Cc1nc(C)n(CC(C)C(=O)O)n1. The maximum Gasteiger partial charge on any atom is 0.308 e. The van der Waals surface area contributed by atoms with Gasteiger partial charge in [0, 0.05) is 0 Å². The van der Waals surface area contributed by atoms with Gasteiger partial charge in [0.05, 0.1) is 12.5 Å². The van der Waals surface area contributed by atoms with Crippen LogP contribution in [0.3, 0.4) is 0 Å². The number of aromatic nitrogens is 3. The summed E-state index contributed by atoms with van der Waals surface area (Å²) in [7, 11) is 0. The molecule has 0 bridgehead atoms. The fraction of sp³-hybridized carbons (Fsp3) is 0.625. The summed E-state index contributed by atoms with van der Waals surface area (Å²) < 4.78 is 1.62. The third kappa shape index (κ3) is 2.27. The number of carboxylic acid groups (broad SMARTS) is 1. The number of aliphatic carboxylic acids is 1. The minimum Gasteiger partial charge on any atom is -0.481 e. The van der Waals surface area contributed by atoms with E-state index in [9.17, 15) is 4.79 Å². The Morgan fingerprint density at radius 1 is 1.62 bits per heavy atom. The van der Waals surface area contributed by atoms with Crippen LogP contribution in [0.1, 0.15) is 18.6 Å². The zero-order valence-corrected chi connectivity index (χ0v) is 7.98. The molecule has 1 N–H and O–H groups in total. The van der Waals surface area contributed by atoms with Crippen molar-refractivity contribution >= 4 is 5.97 Å². The van der Waals surface area contributed by atoms with Crippen LogP contribution in [0.4, 0.5) is 0 Å². The van der Waals surface area contributed by atoms with Gasteiger partial charge in [-0.15, -0.1) is 0 Å². The number of rotatable bonds is 3. The van der Waals surface area contributed by atoms with Crippen LogP contribution < -0.4 is 0 Å². The van der Waals surface area contributed by atoms with E-state index in [-0.39, 0.29) is 0 Å². The molecule has 0 aromatic carbocycles. The Morgan fingerprint density at radius 3 is 2.62 bits per heavy atom. The summed E-state index contributed by atoms with van der Waals surface area (Å²) in [6, 6.07) is 0. The zero-order chi connectivity index (χ0) is 10.0. The van der Waals surface area contributed by atoms with E-state index in [1.54, 1.807) is 18.5 Å². The van der Waals surface area contributed by atoms with E-state index in [4.69, 9.17) is 5.11 Å². The summed E-state index contributed by atoms with van der Waals surface area (Å²) in [6.07, 6.45) is 0. The van der Waals surface area contributed by atoms with E-state index in [0.717, 1.165) is 5.82 Å². The van der Waals surface area contributed by atoms with Gasteiger partial charge in [-0.1, -0.05) is 6.92 Å². The molecule has 1 atom stereocenters. The molecule has 5 nitrogen and oxygen atoms in total. The maximum absolute atomic E-state index is 10.6. The third-order valence-corrected chi connectivity index (χ3v) is 1.83. The third-order valence-electron chi connectivity index (χ3n) is 1.83. The summed E-state index contributed by atoms with van der Waals surface area (Å²) >= 11 is 0. The van der Waals surface area contributed by atoms with Crippen molar-refractivity contribution in [3.8, 4) is 0 Å². The second-order valence-electron chi connectivity index (χ2n) is 3.13. The minimum absolute atomic E-state index is 0.377. The predicted molar refractivity (Wildman–Crippen MR) is 46.3 cm³/mol. The Morgan fingerprint density at radius 2 is 2.23 bits per heavy atom. The van der Waals surface area contributed by atoms with E-state index >= 15 is 0 Å². The van der Waals surface area contributed by atoms with Gasteiger partial charge in [-0.2, -0.15) is 5.10 Å². The summed E-state index contributed by atoms with van der Waals surface area (Å²) in [5, 5.41) is 12.8. The standard InChI is InChI=1S/C8H13N3O2/c1-5(8(12)13)4-11-7(3)9-6(2)10-11/h5H,4H2,1-3H3,(H,12,13). The molecule has 1 aromatic heterocycles.